The van der Waals surface area contributed by atoms with Crippen LogP contribution in [0.15, 0.2) is 29.6 Å². The molecule has 1 aromatic heterocycles. The van der Waals surface area contributed by atoms with Crippen molar-refractivity contribution in [1.29, 1.82) is 0 Å². The van der Waals surface area contributed by atoms with Gasteiger partial charge < -0.3 is 10.1 Å². The predicted octanol–water partition coefficient (Wildman–Crippen LogP) is 3.67. The molecule has 1 unspecified atom stereocenters. The van der Waals surface area contributed by atoms with E-state index in [4.69, 9.17) is 4.74 Å². The molecule has 1 N–H and O–H groups in total. The highest BCUT2D eigenvalue weighted by molar-refractivity contribution is 7.13. The molecule has 2 heterocycles. The normalized spacial score (nSPS) is 17.6. The molecule has 3 rings (SSSR count). The fourth-order valence-corrected chi connectivity index (χ4v) is 3.41. The zero-order valence-electron chi connectivity index (χ0n) is 13.3. The Kier molecular flexibility index (Phi) is 5.39. The highest BCUT2D eigenvalue weighted by Gasteiger charge is 2.30. The van der Waals surface area contributed by atoms with Crippen molar-refractivity contribution in [2.75, 3.05) is 13.2 Å². The molecule has 1 aliphatic rings. The molecule has 0 saturated carbocycles. The Balaban J connectivity index is 1.57. The number of alkyl halides is 3. The van der Waals surface area contributed by atoms with E-state index in [-0.39, 0.29) is 18.4 Å². The van der Waals surface area contributed by atoms with Crippen molar-refractivity contribution in [3.8, 4) is 10.6 Å². The zero-order chi connectivity index (χ0) is 17.9. The molecular weight excluding hydrogens is 353 g/mol. The third-order valence-electron chi connectivity index (χ3n) is 3.90. The van der Waals surface area contributed by atoms with Gasteiger partial charge in [0.2, 0.25) is 5.91 Å². The molecule has 1 fully saturated rings. The number of hydrogen-bond acceptors (Lipinski definition) is 4. The summed E-state index contributed by atoms with van der Waals surface area (Å²) in [5, 5.41) is 5.16. The number of carbonyl (C=O) groups is 1. The number of benzene rings is 1. The summed E-state index contributed by atoms with van der Waals surface area (Å²) in [4.78, 5) is 16.3. The zero-order valence-corrected chi connectivity index (χ0v) is 14.1. The number of ether oxygens (including phenoxy) is 1. The topological polar surface area (TPSA) is 51.2 Å². The second-order valence-corrected chi connectivity index (χ2v) is 6.69. The van der Waals surface area contributed by atoms with Crippen molar-refractivity contribution >= 4 is 17.2 Å². The van der Waals surface area contributed by atoms with E-state index in [0.29, 0.717) is 22.8 Å². The molecule has 1 aromatic carbocycles. The Morgan fingerprint density at radius 1 is 1.32 bits per heavy atom. The van der Waals surface area contributed by atoms with Gasteiger partial charge in [-0.2, -0.15) is 13.2 Å². The van der Waals surface area contributed by atoms with Crippen LogP contribution >= 0.6 is 11.3 Å². The van der Waals surface area contributed by atoms with E-state index < -0.39 is 11.7 Å². The number of aromatic nitrogens is 1. The molecule has 2 aromatic rings. The third-order valence-corrected chi connectivity index (χ3v) is 4.84. The first-order chi connectivity index (χ1) is 11.9. The number of carbonyl (C=O) groups excluding carboxylic acids is 1. The van der Waals surface area contributed by atoms with Gasteiger partial charge in [-0.05, 0) is 25.0 Å². The molecule has 1 atom stereocenters. The van der Waals surface area contributed by atoms with Crippen LogP contribution < -0.4 is 5.32 Å². The number of amides is 1. The first-order valence-electron chi connectivity index (χ1n) is 7.92. The third kappa shape index (κ3) is 4.79. The van der Waals surface area contributed by atoms with E-state index in [1.807, 2.05) is 0 Å². The molecule has 25 heavy (non-hydrogen) atoms. The Morgan fingerprint density at radius 2 is 2.08 bits per heavy atom. The number of hydrogen-bond donors (Lipinski definition) is 1. The standard InChI is InChI=1S/C17H17F3N2O2S/c18-17(19,20)12-5-3-11(4-6-12)16-22-13(10-25-16)8-15(23)21-9-14-2-1-7-24-14/h3-6,10,14H,1-2,7-9H2,(H,21,23). The number of rotatable bonds is 5. The van der Waals surface area contributed by atoms with Crippen molar-refractivity contribution < 1.29 is 22.7 Å². The van der Waals surface area contributed by atoms with Gasteiger partial charge in [0.15, 0.2) is 0 Å². The van der Waals surface area contributed by atoms with Gasteiger partial charge in [-0.15, -0.1) is 11.3 Å². The van der Waals surface area contributed by atoms with Gasteiger partial charge in [0.1, 0.15) is 5.01 Å². The second-order valence-electron chi connectivity index (χ2n) is 5.83. The van der Waals surface area contributed by atoms with E-state index in [9.17, 15) is 18.0 Å². The average Bonchev–Trinajstić information content (AvgIpc) is 3.24. The number of halogens is 3. The SMILES string of the molecule is O=C(Cc1csc(-c2ccc(C(F)(F)F)cc2)n1)NCC1CCCO1. The second kappa shape index (κ2) is 7.53. The Morgan fingerprint density at radius 3 is 2.72 bits per heavy atom. The van der Waals surface area contributed by atoms with Crippen molar-refractivity contribution in [2.24, 2.45) is 0 Å². The quantitative estimate of drug-likeness (QED) is 0.874. The molecule has 0 bridgehead atoms. The first-order valence-corrected chi connectivity index (χ1v) is 8.80. The largest absolute Gasteiger partial charge is 0.416 e. The summed E-state index contributed by atoms with van der Waals surface area (Å²) in [7, 11) is 0. The van der Waals surface area contributed by atoms with Gasteiger partial charge in [-0.1, -0.05) is 12.1 Å². The minimum atomic E-state index is -4.35. The molecule has 1 saturated heterocycles. The van der Waals surface area contributed by atoms with Crippen LogP contribution in [0.4, 0.5) is 13.2 Å². The Labute approximate surface area is 147 Å². The minimum Gasteiger partial charge on any atom is -0.376 e. The van der Waals surface area contributed by atoms with Crippen molar-refractivity contribution in [3.63, 3.8) is 0 Å². The minimum absolute atomic E-state index is 0.0853. The Bertz CT molecular complexity index is 722. The summed E-state index contributed by atoms with van der Waals surface area (Å²) in [6.07, 6.45) is -2.16. The summed E-state index contributed by atoms with van der Waals surface area (Å²) < 4.78 is 43.2. The van der Waals surface area contributed by atoms with E-state index in [1.165, 1.54) is 23.5 Å². The van der Waals surface area contributed by atoms with E-state index in [2.05, 4.69) is 10.3 Å². The lowest BCUT2D eigenvalue weighted by atomic mass is 10.1. The van der Waals surface area contributed by atoms with E-state index in [0.717, 1.165) is 31.6 Å². The number of nitrogens with one attached hydrogen (secondary N) is 1. The van der Waals surface area contributed by atoms with Crippen LogP contribution in [0.2, 0.25) is 0 Å². The fourth-order valence-electron chi connectivity index (χ4n) is 2.58. The van der Waals surface area contributed by atoms with Crippen LogP contribution in [0, 0.1) is 0 Å². The summed E-state index contributed by atoms with van der Waals surface area (Å²) in [6.45, 7) is 1.23. The maximum absolute atomic E-state index is 12.6. The summed E-state index contributed by atoms with van der Waals surface area (Å²) in [5.74, 6) is -0.139. The van der Waals surface area contributed by atoms with Crippen molar-refractivity contribution in [2.45, 2.75) is 31.5 Å². The highest BCUT2D eigenvalue weighted by Crippen LogP contribution is 2.31. The van der Waals surface area contributed by atoms with Gasteiger partial charge in [-0.3, -0.25) is 4.79 Å². The van der Waals surface area contributed by atoms with Gasteiger partial charge in [-0.25, -0.2) is 4.98 Å². The molecule has 0 spiro atoms. The predicted molar refractivity (Wildman–Crippen MR) is 88.2 cm³/mol. The average molecular weight is 370 g/mol. The molecule has 4 nitrogen and oxygen atoms in total. The lowest BCUT2D eigenvalue weighted by molar-refractivity contribution is -0.137. The smallest absolute Gasteiger partial charge is 0.376 e. The number of thiazole rings is 1. The van der Waals surface area contributed by atoms with Crippen molar-refractivity contribution in [3.05, 3.63) is 40.9 Å². The molecule has 134 valence electrons. The van der Waals surface area contributed by atoms with Crippen LogP contribution in [-0.4, -0.2) is 30.1 Å². The van der Waals surface area contributed by atoms with Crippen LogP contribution in [0.25, 0.3) is 10.6 Å². The van der Waals surface area contributed by atoms with Crippen LogP contribution in [-0.2, 0) is 22.1 Å². The lowest BCUT2D eigenvalue weighted by Gasteiger charge is -2.10. The van der Waals surface area contributed by atoms with Gasteiger partial charge in [0.05, 0.1) is 23.8 Å². The maximum Gasteiger partial charge on any atom is 0.416 e. The van der Waals surface area contributed by atoms with E-state index in [1.54, 1.807) is 5.38 Å². The molecular formula is C17H17F3N2O2S. The maximum atomic E-state index is 12.6. The Hall–Kier alpha value is -1.93. The monoisotopic (exact) mass is 370 g/mol. The van der Waals surface area contributed by atoms with Crippen LogP contribution in [0.5, 0.6) is 0 Å². The van der Waals surface area contributed by atoms with Gasteiger partial charge in [0, 0.05) is 24.1 Å². The van der Waals surface area contributed by atoms with E-state index >= 15 is 0 Å². The summed E-state index contributed by atoms with van der Waals surface area (Å²) >= 11 is 1.30. The van der Waals surface area contributed by atoms with Gasteiger partial charge in [0.25, 0.3) is 0 Å². The highest BCUT2D eigenvalue weighted by atomic mass is 32.1. The number of nitrogens with zero attached hydrogens (tertiary/aromatic N) is 1. The molecule has 0 aliphatic carbocycles. The fraction of sp³-hybridized carbons (Fsp3) is 0.412. The van der Waals surface area contributed by atoms with Gasteiger partial charge >= 0.3 is 6.18 Å². The van der Waals surface area contributed by atoms with Crippen LogP contribution in [0.3, 0.4) is 0 Å². The molecule has 0 radical (unpaired) electrons. The molecule has 1 amide bonds. The van der Waals surface area contributed by atoms with Crippen LogP contribution in [0.1, 0.15) is 24.1 Å². The lowest BCUT2D eigenvalue weighted by Crippen LogP contribution is -2.32. The summed E-state index contributed by atoms with van der Waals surface area (Å²) in [5.41, 5.74) is 0.510. The molecule has 1 aliphatic heterocycles. The summed E-state index contributed by atoms with van der Waals surface area (Å²) in [6, 6.07) is 4.85. The van der Waals surface area contributed by atoms with Crippen molar-refractivity contribution in [1.82, 2.24) is 10.3 Å². The molecule has 8 heteroatoms. The first kappa shape index (κ1) is 17.9.